The molecule has 1 aliphatic carbocycles. The number of methoxy groups -OCH3 is 1. The van der Waals surface area contributed by atoms with Gasteiger partial charge in [-0.05, 0) is 48.4 Å². The zero-order valence-corrected chi connectivity index (χ0v) is 11.2. The summed E-state index contributed by atoms with van der Waals surface area (Å²) in [7, 11) is 1.72. The molecule has 0 spiro atoms. The van der Waals surface area contributed by atoms with Crippen molar-refractivity contribution < 1.29 is 9.13 Å². The highest BCUT2D eigenvalue weighted by Crippen LogP contribution is 2.53. The Morgan fingerprint density at radius 3 is 2.78 bits per heavy atom. The minimum atomic E-state index is -0.155. The fraction of sp³-hybridized carbons (Fsp3) is 0.600. The van der Waals surface area contributed by atoms with E-state index in [0.29, 0.717) is 5.41 Å². The third kappa shape index (κ3) is 3.53. The lowest BCUT2D eigenvalue weighted by molar-refractivity contribution is 0.198. The fourth-order valence-electron chi connectivity index (χ4n) is 2.56. The Morgan fingerprint density at radius 2 is 2.11 bits per heavy atom. The van der Waals surface area contributed by atoms with Crippen LogP contribution in [-0.2, 0) is 11.2 Å². The molecule has 1 aliphatic rings. The maximum atomic E-state index is 12.8. The molecule has 2 atom stereocenters. The monoisotopic (exact) mass is 251 g/mol. The van der Waals surface area contributed by atoms with Crippen molar-refractivity contribution in [2.45, 2.75) is 19.8 Å². The number of hydrogen-bond acceptors (Lipinski definition) is 2. The van der Waals surface area contributed by atoms with Crippen molar-refractivity contribution in [2.24, 2.45) is 11.3 Å². The van der Waals surface area contributed by atoms with E-state index < -0.39 is 0 Å². The summed E-state index contributed by atoms with van der Waals surface area (Å²) in [6.07, 6.45) is 2.30. The molecule has 2 unspecified atom stereocenters. The Labute approximate surface area is 109 Å². The second-order valence-electron chi connectivity index (χ2n) is 5.56. The summed E-state index contributed by atoms with van der Waals surface area (Å²) in [4.78, 5) is 0. The average molecular weight is 251 g/mol. The molecule has 3 heteroatoms. The molecular formula is C15H22FNO. The number of benzene rings is 1. The molecule has 0 bridgehead atoms. The second kappa shape index (κ2) is 5.81. The second-order valence-corrected chi connectivity index (χ2v) is 5.56. The molecule has 1 fully saturated rings. The summed E-state index contributed by atoms with van der Waals surface area (Å²) in [5, 5.41) is 3.41. The van der Waals surface area contributed by atoms with Gasteiger partial charge in [-0.3, -0.25) is 0 Å². The van der Waals surface area contributed by atoms with Crippen molar-refractivity contribution in [1.29, 1.82) is 0 Å². The molecule has 0 radical (unpaired) electrons. The number of hydrogen-bond donors (Lipinski definition) is 1. The maximum absolute atomic E-state index is 12.8. The van der Waals surface area contributed by atoms with E-state index in [1.165, 1.54) is 12.0 Å². The van der Waals surface area contributed by atoms with Crippen LogP contribution in [-0.4, -0.2) is 26.8 Å². The van der Waals surface area contributed by atoms with Crippen molar-refractivity contribution in [3.63, 3.8) is 0 Å². The van der Waals surface area contributed by atoms with Gasteiger partial charge in [-0.2, -0.15) is 0 Å². The zero-order chi connectivity index (χ0) is 13.0. The summed E-state index contributed by atoms with van der Waals surface area (Å²) in [6, 6.07) is 6.89. The van der Waals surface area contributed by atoms with Crippen LogP contribution in [0.3, 0.4) is 0 Å². The third-order valence-electron chi connectivity index (χ3n) is 3.93. The molecule has 2 rings (SSSR count). The van der Waals surface area contributed by atoms with E-state index in [1.807, 2.05) is 12.1 Å². The first-order valence-electron chi connectivity index (χ1n) is 6.58. The molecule has 18 heavy (non-hydrogen) atoms. The lowest BCUT2D eigenvalue weighted by atomic mass is 9.96. The van der Waals surface area contributed by atoms with Crippen LogP contribution in [0, 0.1) is 17.2 Å². The Kier molecular flexibility index (Phi) is 4.36. The van der Waals surface area contributed by atoms with Crippen LogP contribution < -0.4 is 5.32 Å². The zero-order valence-electron chi connectivity index (χ0n) is 11.2. The fourth-order valence-corrected chi connectivity index (χ4v) is 2.56. The lowest BCUT2D eigenvalue weighted by Gasteiger charge is -2.12. The van der Waals surface area contributed by atoms with Crippen molar-refractivity contribution in [3.05, 3.63) is 35.6 Å². The minimum absolute atomic E-state index is 0.155. The van der Waals surface area contributed by atoms with Gasteiger partial charge in [0.15, 0.2) is 0 Å². The first kappa shape index (κ1) is 13.5. The van der Waals surface area contributed by atoms with Crippen molar-refractivity contribution in [3.8, 4) is 0 Å². The van der Waals surface area contributed by atoms with Gasteiger partial charge in [0.05, 0.1) is 6.61 Å². The summed E-state index contributed by atoms with van der Waals surface area (Å²) >= 11 is 0. The SMILES string of the molecule is COCCNCC1CC1(C)Cc1ccc(F)cc1. The predicted molar refractivity (Wildman–Crippen MR) is 71.1 cm³/mol. The molecule has 0 saturated heterocycles. The highest BCUT2D eigenvalue weighted by Gasteiger charge is 2.48. The molecule has 1 aromatic rings. The summed E-state index contributed by atoms with van der Waals surface area (Å²) in [5.41, 5.74) is 1.62. The Morgan fingerprint density at radius 1 is 1.39 bits per heavy atom. The van der Waals surface area contributed by atoms with Gasteiger partial charge < -0.3 is 10.1 Å². The topological polar surface area (TPSA) is 21.3 Å². The molecule has 1 saturated carbocycles. The molecule has 0 heterocycles. The third-order valence-corrected chi connectivity index (χ3v) is 3.93. The van der Waals surface area contributed by atoms with Gasteiger partial charge >= 0.3 is 0 Å². The standard InChI is InChI=1S/C15H22FNO/c1-15(9-12-3-5-14(16)6-4-12)10-13(15)11-17-7-8-18-2/h3-6,13,17H,7-11H2,1-2H3. The molecule has 2 nitrogen and oxygen atoms in total. The van der Waals surface area contributed by atoms with Crippen LogP contribution in [0.2, 0.25) is 0 Å². The Balaban J connectivity index is 1.75. The quantitative estimate of drug-likeness (QED) is 0.752. The van der Waals surface area contributed by atoms with Gasteiger partial charge in [0, 0.05) is 13.7 Å². The lowest BCUT2D eigenvalue weighted by Crippen LogP contribution is -2.23. The van der Waals surface area contributed by atoms with E-state index in [1.54, 1.807) is 19.2 Å². The van der Waals surface area contributed by atoms with E-state index in [9.17, 15) is 4.39 Å². The van der Waals surface area contributed by atoms with Crippen LogP contribution in [0.25, 0.3) is 0 Å². The molecule has 0 aromatic heterocycles. The van der Waals surface area contributed by atoms with Gasteiger partial charge in [0.1, 0.15) is 5.82 Å². The van der Waals surface area contributed by atoms with Crippen LogP contribution >= 0.6 is 0 Å². The van der Waals surface area contributed by atoms with Crippen LogP contribution in [0.4, 0.5) is 4.39 Å². The number of halogens is 1. The average Bonchev–Trinajstić information content (AvgIpc) is 2.99. The smallest absolute Gasteiger partial charge is 0.123 e. The van der Waals surface area contributed by atoms with Gasteiger partial charge in [-0.1, -0.05) is 19.1 Å². The first-order chi connectivity index (χ1) is 8.64. The van der Waals surface area contributed by atoms with E-state index >= 15 is 0 Å². The summed E-state index contributed by atoms with van der Waals surface area (Å²) < 4.78 is 17.8. The molecule has 1 N–H and O–H groups in total. The van der Waals surface area contributed by atoms with Crippen molar-refractivity contribution in [2.75, 3.05) is 26.8 Å². The van der Waals surface area contributed by atoms with Crippen LogP contribution in [0.5, 0.6) is 0 Å². The summed E-state index contributed by atoms with van der Waals surface area (Å²) in [6.45, 7) is 5.06. The summed E-state index contributed by atoms with van der Waals surface area (Å²) in [5.74, 6) is 0.580. The highest BCUT2D eigenvalue weighted by molar-refractivity contribution is 5.20. The van der Waals surface area contributed by atoms with Gasteiger partial charge in [0.2, 0.25) is 0 Å². The maximum Gasteiger partial charge on any atom is 0.123 e. The van der Waals surface area contributed by atoms with E-state index in [2.05, 4.69) is 12.2 Å². The largest absolute Gasteiger partial charge is 0.383 e. The minimum Gasteiger partial charge on any atom is -0.383 e. The molecule has 1 aromatic carbocycles. The normalized spacial score (nSPS) is 26.3. The number of rotatable bonds is 7. The van der Waals surface area contributed by atoms with Gasteiger partial charge in [0.25, 0.3) is 0 Å². The van der Waals surface area contributed by atoms with Crippen molar-refractivity contribution >= 4 is 0 Å². The molecule has 100 valence electrons. The van der Waals surface area contributed by atoms with E-state index in [4.69, 9.17) is 4.74 Å². The van der Waals surface area contributed by atoms with E-state index in [-0.39, 0.29) is 5.82 Å². The Bertz CT molecular complexity index is 379. The molecular weight excluding hydrogens is 229 g/mol. The molecule has 0 amide bonds. The van der Waals surface area contributed by atoms with Crippen LogP contribution in [0.1, 0.15) is 18.9 Å². The van der Waals surface area contributed by atoms with Gasteiger partial charge in [-0.25, -0.2) is 4.39 Å². The highest BCUT2D eigenvalue weighted by atomic mass is 19.1. The van der Waals surface area contributed by atoms with Crippen LogP contribution in [0.15, 0.2) is 24.3 Å². The van der Waals surface area contributed by atoms with Crippen molar-refractivity contribution in [1.82, 2.24) is 5.32 Å². The number of nitrogens with one attached hydrogen (secondary N) is 1. The molecule has 0 aliphatic heterocycles. The Hall–Kier alpha value is -0.930. The predicted octanol–water partition coefficient (Wildman–Crippen LogP) is 2.63. The number of ether oxygens (including phenoxy) is 1. The van der Waals surface area contributed by atoms with E-state index in [0.717, 1.165) is 32.0 Å². The van der Waals surface area contributed by atoms with Gasteiger partial charge in [-0.15, -0.1) is 0 Å². The first-order valence-corrected chi connectivity index (χ1v) is 6.58.